The van der Waals surface area contributed by atoms with Crippen LogP contribution in [0.5, 0.6) is 11.5 Å². The predicted molar refractivity (Wildman–Crippen MR) is 125 cm³/mol. The van der Waals surface area contributed by atoms with Crippen LogP contribution in [0.15, 0.2) is 83.9 Å². The van der Waals surface area contributed by atoms with Gasteiger partial charge in [0.1, 0.15) is 6.61 Å². The Kier molecular flexibility index (Phi) is 6.01. The Hall–Kier alpha value is -3.30. The first-order valence-corrected chi connectivity index (χ1v) is 10.1. The summed E-state index contributed by atoms with van der Waals surface area (Å²) in [5.74, 6) is 1.11. The lowest BCUT2D eigenvalue weighted by Crippen LogP contribution is -2.00. The lowest BCUT2D eigenvalue weighted by molar-refractivity contribution is 0.286. The van der Waals surface area contributed by atoms with Crippen molar-refractivity contribution in [3.05, 3.63) is 101 Å². The third-order valence-electron chi connectivity index (χ3n) is 4.97. The highest BCUT2D eigenvalue weighted by atomic mass is 35.5. The Morgan fingerprint density at radius 3 is 2.53 bits per heavy atom. The fraction of sp³-hybridized carbons (Fsp3) is 0.115. The summed E-state index contributed by atoms with van der Waals surface area (Å²) in [6.45, 7) is 2.43. The molecule has 0 saturated heterocycles. The number of ether oxygens (including phenoxy) is 2. The van der Waals surface area contributed by atoms with Crippen LogP contribution in [0.4, 0.5) is 5.69 Å². The number of aliphatic imine (C=N–C) groups is 1. The van der Waals surface area contributed by atoms with Gasteiger partial charge in [0.15, 0.2) is 11.5 Å². The van der Waals surface area contributed by atoms with Crippen molar-refractivity contribution in [2.45, 2.75) is 13.5 Å². The lowest BCUT2D eigenvalue weighted by atomic mass is 10.1. The highest BCUT2D eigenvalue weighted by molar-refractivity contribution is 6.32. The SMILES string of the molecule is COc1cc(C=Nc2ccccc2C)cc(Cl)c1OCc1cccc2ccccc12. The molecule has 0 saturated carbocycles. The largest absolute Gasteiger partial charge is 0.493 e. The molecule has 0 amide bonds. The molecule has 0 atom stereocenters. The molecule has 0 unspecified atom stereocenters. The van der Waals surface area contributed by atoms with Crippen molar-refractivity contribution >= 4 is 34.3 Å². The van der Waals surface area contributed by atoms with E-state index in [-0.39, 0.29) is 0 Å². The van der Waals surface area contributed by atoms with E-state index in [1.807, 2.05) is 61.5 Å². The average Bonchev–Trinajstić information content (AvgIpc) is 2.77. The second kappa shape index (κ2) is 9.02. The molecule has 0 spiro atoms. The van der Waals surface area contributed by atoms with Gasteiger partial charge in [-0.2, -0.15) is 0 Å². The second-order valence-electron chi connectivity index (χ2n) is 7.01. The molecule has 4 rings (SSSR count). The van der Waals surface area contributed by atoms with Gasteiger partial charge in [0, 0.05) is 6.21 Å². The molecule has 0 N–H and O–H groups in total. The summed E-state index contributed by atoms with van der Waals surface area (Å²) in [6, 6.07) is 26.1. The summed E-state index contributed by atoms with van der Waals surface area (Å²) in [5, 5.41) is 2.83. The number of fused-ring (bicyclic) bond motifs is 1. The first kappa shape index (κ1) is 20.0. The van der Waals surface area contributed by atoms with E-state index in [0.717, 1.165) is 27.8 Å². The third kappa shape index (κ3) is 4.32. The van der Waals surface area contributed by atoms with Crippen LogP contribution in [0.25, 0.3) is 10.8 Å². The van der Waals surface area contributed by atoms with Gasteiger partial charge in [-0.05, 0) is 52.6 Å². The maximum Gasteiger partial charge on any atom is 0.180 e. The maximum absolute atomic E-state index is 6.54. The summed E-state index contributed by atoms with van der Waals surface area (Å²) in [4.78, 5) is 4.57. The van der Waals surface area contributed by atoms with E-state index < -0.39 is 0 Å². The van der Waals surface area contributed by atoms with E-state index >= 15 is 0 Å². The van der Waals surface area contributed by atoms with Gasteiger partial charge in [-0.3, -0.25) is 4.99 Å². The normalized spacial score (nSPS) is 11.2. The van der Waals surface area contributed by atoms with E-state index in [2.05, 4.69) is 29.3 Å². The van der Waals surface area contributed by atoms with Crippen LogP contribution in [0.2, 0.25) is 5.02 Å². The molecule has 3 nitrogen and oxygen atoms in total. The number of benzene rings is 4. The van der Waals surface area contributed by atoms with Crippen LogP contribution in [0.3, 0.4) is 0 Å². The fourth-order valence-corrected chi connectivity index (χ4v) is 3.65. The molecule has 4 aromatic rings. The Labute approximate surface area is 181 Å². The molecule has 0 bridgehead atoms. The summed E-state index contributed by atoms with van der Waals surface area (Å²) in [7, 11) is 1.61. The average molecular weight is 416 g/mol. The lowest BCUT2D eigenvalue weighted by Gasteiger charge is -2.14. The van der Waals surface area contributed by atoms with Gasteiger partial charge in [0.05, 0.1) is 17.8 Å². The van der Waals surface area contributed by atoms with Crippen molar-refractivity contribution < 1.29 is 9.47 Å². The zero-order valence-electron chi connectivity index (χ0n) is 16.9. The van der Waals surface area contributed by atoms with Gasteiger partial charge in [-0.15, -0.1) is 0 Å². The number of methoxy groups -OCH3 is 1. The monoisotopic (exact) mass is 415 g/mol. The van der Waals surface area contributed by atoms with Crippen molar-refractivity contribution in [1.29, 1.82) is 0 Å². The number of halogens is 1. The number of hydrogen-bond donors (Lipinski definition) is 0. The third-order valence-corrected chi connectivity index (χ3v) is 5.25. The van der Waals surface area contributed by atoms with Gasteiger partial charge < -0.3 is 9.47 Å². The van der Waals surface area contributed by atoms with E-state index in [4.69, 9.17) is 21.1 Å². The van der Waals surface area contributed by atoms with Crippen LogP contribution < -0.4 is 9.47 Å². The van der Waals surface area contributed by atoms with Crippen molar-refractivity contribution in [3.63, 3.8) is 0 Å². The van der Waals surface area contributed by atoms with E-state index in [1.165, 1.54) is 5.39 Å². The smallest absolute Gasteiger partial charge is 0.180 e. The first-order chi connectivity index (χ1) is 14.7. The summed E-state index contributed by atoms with van der Waals surface area (Å²) in [5.41, 5.74) is 3.97. The van der Waals surface area contributed by atoms with Crippen molar-refractivity contribution in [2.24, 2.45) is 4.99 Å². The molecular formula is C26H22ClNO2. The molecule has 4 heteroatoms. The number of aryl methyl sites for hydroxylation is 1. The quantitative estimate of drug-likeness (QED) is 0.313. The van der Waals surface area contributed by atoms with E-state index in [1.54, 1.807) is 13.3 Å². The molecule has 30 heavy (non-hydrogen) atoms. The predicted octanol–water partition coefficient (Wildman–Crippen LogP) is 7.14. The number of para-hydroxylation sites is 1. The molecule has 0 fully saturated rings. The molecule has 0 aliphatic carbocycles. The van der Waals surface area contributed by atoms with Gasteiger partial charge in [0.2, 0.25) is 0 Å². The highest BCUT2D eigenvalue weighted by Gasteiger charge is 2.13. The zero-order chi connectivity index (χ0) is 20.9. The number of hydrogen-bond acceptors (Lipinski definition) is 3. The molecule has 0 heterocycles. The molecule has 0 aliphatic rings. The minimum absolute atomic E-state index is 0.397. The second-order valence-corrected chi connectivity index (χ2v) is 7.41. The van der Waals surface area contributed by atoms with Gasteiger partial charge >= 0.3 is 0 Å². The van der Waals surface area contributed by atoms with Crippen LogP contribution in [-0.2, 0) is 6.61 Å². The standard InChI is InChI=1S/C26H22ClNO2/c1-18-8-3-6-13-24(18)28-16-19-14-23(27)26(25(15-19)29-2)30-17-21-11-7-10-20-9-4-5-12-22(20)21/h3-16H,17H2,1-2H3. The first-order valence-electron chi connectivity index (χ1n) is 9.72. The van der Waals surface area contributed by atoms with Gasteiger partial charge in [-0.1, -0.05) is 72.3 Å². The van der Waals surface area contributed by atoms with Crippen LogP contribution >= 0.6 is 11.6 Å². The summed E-state index contributed by atoms with van der Waals surface area (Å²) in [6.07, 6.45) is 1.78. The number of nitrogens with zero attached hydrogens (tertiary/aromatic N) is 1. The van der Waals surface area contributed by atoms with Crippen LogP contribution in [0.1, 0.15) is 16.7 Å². The molecule has 0 aliphatic heterocycles. The van der Waals surface area contributed by atoms with Crippen LogP contribution in [-0.4, -0.2) is 13.3 Å². The fourth-order valence-electron chi connectivity index (χ4n) is 3.38. The number of rotatable bonds is 6. The van der Waals surface area contributed by atoms with E-state index in [0.29, 0.717) is 23.1 Å². The molecular weight excluding hydrogens is 394 g/mol. The highest BCUT2D eigenvalue weighted by Crippen LogP contribution is 2.37. The minimum Gasteiger partial charge on any atom is -0.493 e. The van der Waals surface area contributed by atoms with E-state index in [9.17, 15) is 0 Å². The molecule has 150 valence electrons. The molecule has 0 aromatic heterocycles. The summed E-state index contributed by atoms with van der Waals surface area (Å²) >= 11 is 6.54. The van der Waals surface area contributed by atoms with Crippen molar-refractivity contribution in [1.82, 2.24) is 0 Å². The van der Waals surface area contributed by atoms with Crippen molar-refractivity contribution in [3.8, 4) is 11.5 Å². The van der Waals surface area contributed by atoms with Crippen molar-refractivity contribution in [2.75, 3.05) is 7.11 Å². The van der Waals surface area contributed by atoms with Gasteiger partial charge in [-0.25, -0.2) is 0 Å². The Morgan fingerprint density at radius 1 is 0.933 bits per heavy atom. The zero-order valence-corrected chi connectivity index (χ0v) is 17.7. The molecule has 4 aromatic carbocycles. The minimum atomic E-state index is 0.397. The molecule has 0 radical (unpaired) electrons. The van der Waals surface area contributed by atoms with Crippen LogP contribution in [0, 0.1) is 6.92 Å². The Bertz CT molecular complexity index is 1210. The summed E-state index contributed by atoms with van der Waals surface area (Å²) < 4.78 is 11.6. The Balaban J connectivity index is 1.59. The Morgan fingerprint density at radius 2 is 1.70 bits per heavy atom. The van der Waals surface area contributed by atoms with Gasteiger partial charge in [0.25, 0.3) is 0 Å². The maximum atomic E-state index is 6.54. The topological polar surface area (TPSA) is 30.8 Å².